The Morgan fingerprint density at radius 1 is 0.441 bits per heavy atom. The predicted octanol–water partition coefficient (Wildman–Crippen LogP) is 14.8. The molecule has 31 nitrogen and oxygen atoms in total. The number of ether oxygens (including phenoxy) is 3. The molecule has 9 aromatic carbocycles. The van der Waals surface area contributed by atoms with E-state index in [4.69, 9.17) is 32.3 Å². The van der Waals surface area contributed by atoms with Crippen LogP contribution >= 0.6 is 12.4 Å². The summed E-state index contributed by atoms with van der Waals surface area (Å²) in [5.41, 5.74) is 16.3. The summed E-state index contributed by atoms with van der Waals surface area (Å²) < 4.78 is 56.0. The summed E-state index contributed by atoms with van der Waals surface area (Å²) in [7, 11) is 0. The summed E-state index contributed by atoms with van der Waals surface area (Å²) >= 11 is 0. The number of Topliss-reactive ketones (excluding diaryl/α,β-unsaturated/α-hetero) is 2. The van der Waals surface area contributed by atoms with Crippen LogP contribution in [0.2, 0.25) is 0 Å². The molecular weight excluding hydrogens is 1880 g/mol. The molecule has 11 amide bonds. The van der Waals surface area contributed by atoms with Crippen molar-refractivity contribution in [3.05, 3.63) is 316 Å². The Morgan fingerprint density at radius 2 is 0.759 bits per heavy atom. The van der Waals surface area contributed by atoms with Crippen LogP contribution in [0.15, 0.2) is 237 Å². The lowest BCUT2D eigenvalue weighted by Crippen LogP contribution is -2.51. The van der Waals surface area contributed by atoms with Gasteiger partial charge in [0, 0.05) is 74.2 Å². The van der Waals surface area contributed by atoms with Crippen LogP contribution < -0.4 is 48.7 Å². The van der Waals surface area contributed by atoms with Gasteiger partial charge in [-0.3, -0.25) is 57.7 Å². The third-order valence-corrected chi connectivity index (χ3v) is 26.1. The summed E-state index contributed by atoms with van der Waals surface area (Å²) in [5, 5.41) is 28.2. The number of hydrogen-bond acceptors (Lipinski definition) is 18. The molecule has 35 heteroatoms. The Bertz CT molecular complexity index is 6210. The topological polar surface area (TPSA) is 437 Å². The molecule has 6 heterocycles. The fourth-order valence-corrected chi connectivity index (χ4v) is 19.3. The minimum atomic E-state index is -1.19. The average molecular weight is 2010 g/mol. The molecule has 6 aliphatic heterocycles. The van der Waals surface area contributed by atoms with Gasteiger partial charge in [-0.2, -0.15) is 0 Å². The zero-order valence-electron chi connectivity index (χ0n) is 82.2. The van der Waals surface area contributed by atoms with Crippen molar-refractivity contribution in [3.8, 4) is 0 Å². The number of carbonyl (C=O) groups excluding carboxylic acids is 13. The van der Waals surface area contributed by atoms with Gasteiger partial charge >= 0.3 is 30.4 Å². The van der Waals surface area contributed by atoms with E-state index in [9.17, 15) is 85.4 Å². The number of alkyl carbamates (subject to hydrolysis) is 3. The van der Waals surface area contributed by atoms with Gasteiger partial charge in [0.25, 0.3) is 0 Å². The van der Waals surface area contributed by atoms with Gasteiger partial charge in [0.05, 0.1) is 35.4 Å². The summed E-state index contributed by atoms with van der Waals surface area (Å²) in [4.78, 5) is 190. The summed E-state index contributed by atoms with van der Waals surface area (Å²) in [6.07, 6.45) is -2.20. The number of aliphatic carboxylic acids is 1. The number of halogens is 4. The molecule has 12 atom stereocenters. The number of carbonyl (C=O) groups is 14. The molecule has 764 valence electrons. The van der Waals surface area contributed by atoms with Gasteiger partial charge in [-0.25, -0.2) is 38.9 Å². The maximum absolute atomic E-state index is 14.4. The minimum absolute atomic E-state index is 0. The highest BCUT2D eigenvalue weighted by atomic mass is 35.5. The van der Waals surface area contributed by atoms with Crippen molar-refractivity contribution >= 4 is 113 Å². The SMILES string of the molecule is CC(C)(C)C[C@H](CC(=O)[C@H](Cc1ccc(F)cc1)NC(=O)OCc1ccccc1)C(=O)N1C[C@]2(C[C@H]1NC=O)C(=O)Nc1ccccc12.CC(C)(C)C[C@H](N)C(=O)N1C[C@]2(C[C@H]1C(N)=O)C(=O)Nc1ccccc12.Cl.O=C(N[C@@H](Cc1ccc(F)cc1)C(=O)O)OCc1ccccc1.[C-]#[N+][C@@H]1C[C@@]2(CN1C(=O)[C@@H](CC(=O)[C@H](Cc1ccc(F)cc1)NC(=O)OCc1ccccc1)CC(C)(C)C)C(=O)Nc1ccccc12. The largest absolute Gasteiger partial charge is 0.480 e. The van der Waals surface area contributed by atoms with E-state index >= 15 is 0 Å². The highest BCUT2D eigenvalue weighted by molar-refractivity contribution is 6.10. The minimum Gasteiger partial charge on any atom is -0.480 e. The van der Waals surface area contributed by atoms with Crippen LogP contribution in [0.1, 0.15) is 164 Å². The third-order valence-electron chi connectivity index (χ3n) is 26.1. The number of anilines is 3. The lowest BCUT2D eigenvalue weighted by molar-refractivity contribution is -0.141. The summed E-state index contributed by atoms with van der Waals surface area (Å²) in [6, 6.07) is 61.0. The number of ketones is 2. The molecule has 15 rings (SSSR count). The molecule has 0 aromatic heterocycles. The van der Waals surface area contributed by atoms with Crippen LogP contribution in [0.4, 0.5) is 44.6 Å². The Hall–Kier alpha value is -15.1. The molecule has 0 saturated carbocycles. The number of nitrogens with two attached hydrogens (primary N) is 2. The molecule has 0 bridgehead atoms. The number of rotatable bonds is 31. The second-order valence-electron chi connectivity index (χ2n) is 40.8. The molecule has 9 aromatic rings. The van der Waals surface area contributed by atoms with E-state index in [1.165, 1.54) is 75.4 Å². The Kier molecular flexibility index (Phi) is 36.7. The first kappa shape index (κ1) is 110. The molecule has 3 saturated heterocycles. The average Bonchev–Trinajstić information content (AvgIpc) is 1.58. The number of hydrogen-bond donors (Lipinski definition) is 10. The molecular formula is C110H123ClF3N13O18. The van der Waals surface area contributed by atoms with Crippen molar-refractivity contribution in [2.45, 2.75) is 212 Å². The number of para-hydroxylation sites is 3. The second kappa shape index (κ2) is 48.3. The number of fused-ring (bicyclic) bond motifs is 6. The van der Waals surface area contributed by atoms with Crippen molar-refractivity contribution < 1.29 is 99.6 Å². The highest BCUT2D eigenvalue weighted by Gasteiger charge is 2.61. The van der Waals surface area contributed by atoms with Crippen LogP contribution in [-0.2, 0) is 122 Å². The van der Waals surface area contributed by atoms with Crippen molar-refractivity contribution in [2.24, 2.45) is 39.5 Å². The number of nitrogens with one attached hydrogen (secondary N) is 7. The zero-order chi connectivity index (χ0) is 104. The van der Waals surface area contributed by atoms with E-state index in [-0.39, 0.29) is 155 Å². The first-order valence-corrected chi connectivity index (χ1v) is 47.5. The van der Waals surface area contributed by atoms with Gasteiger partial charge in [0.1, 0.15) is 60.9 Å². The maximum Gasteiger partial charge on any atom is 0.408 e. The zero-order valence-corrected chi connectivity index (χ0v) is 83.0. The van der Waals surface area contributed by atoms with Crippen LogP contribution in [0.25, 0.3) is 4.85 Å². The summed E-state index contributed by atoms with van der Waals surface area (Å²) in [5.74, 6) is -7.33. The van der Waals surface area contributed by atoms with Crippen molar-refractivity contribution in [3.63, 3.8) is 0 Å². The third kappa shape index (κ3) is 28.7. The van der Waals surface area contributed by atoms with E-state index in [2.05, 4.69) is 42.1 Å². The van der Waals surface area contributed by atoms with Crippen molar-refractivity contribution in [2.75, 3.05) is 35.6 Å². The van der Waals surface area contributed by atoms with Crippen molar-refractivity contribution in [1.29, 1.82) is 0 Å². The fourth-order valence-electron chi connectivity index (χ4n) is 19.3. The summed E-state index contributed by atoms with van der Waals surface area (Å²) in [6.45, 7) is 25.9. The Balaban J connectivity index is 0.000000192. The normalized spacial score (nSPS) is 19.4. The van der Waals surface area contributed by atoms with Gasteiger partial charge < -0.3 is 77.8 Å². The molecule has 6 aliphatic rings. The number of primary amides is 1. The van der Waals surface area contributed by atoms with E-state index in [1.54, 1.807) is 48.5 Å². The van der Waals surface area contributed by atoms with Crippen LogP contribution in [0.3, 0.4) is 0 Å². The number of amides is 11. The standard InChI is InChI=1S/C37H41FN4O6.C37H39FN4O5.C19H26N4O3.C17H16FNO4.ClH/c1-36(2,3)19-26(33(45)42-22-37(20-32(42)39-23-43)28-11-7-8-12-29(28)40-34(37)46)18-31(44)30(17-24-13-15-27(38)16-14-24)41-35(47)48-21-25-9-5-4-6-10-25;1-36(2,3)20-26(33(44)42-23-37(21-32(42)39-4)28-12-8-9-13-29(28)40-34(37)45)19-31(43)30(18-24-14-16-27(38)17-15-24)41-35(46)47-22-25-10-6-5-7-11-25;1-18(2,3)8-12(20)16(25)23-10-19(9-14(23)15(21)24)11-6-4-5-7-13(11)22-17(19)26;18-14-8-6-12(7-9-14)10-15(16(20)21)19-17(22)23-11-13-4-2-1-3-5-13;/h4-16,23,26,30,32H,17-22H2,1-3H3,(H,39,43)(H,40,46)(H,41,47);5-17,26,30,32H,18-23H2,1-3H3,(H,40,45)(H,41,46);4-7,12,14H,8-10,20H2,1-3H3,(H2,21,24)(H,22,26);1-9,15H,10-11H2,(H,19,22)(H,20,21);1H/t2*26-,30-,32-,37-;12-,14-,19-;15-;/m0000./s1. The molecule has 0 aliphatic carbocycles. The lowest BCUT2D eigenvalue weighted by atomic mass is 9.79. The van der Waals surface area contributed by atoms with Gasteiger partial charge in [-0.15, -0.1) is 12.4 Å². The molecule has 3 spiro atoms. The number of nitrogens with zero attached hydrogens (tertiary/aromatic N) is 4. The predicted molar refractivity (Wildman–Crippen MR) is 538 cm³/mol. The monoisotopic (exact) mass is 2010 g/mol. The molecule has 0 radical (unpaired) electrons. The van der Waals surface area contributed by atoms with Gasteiger partial charge in [-0.05, 0) is 159 Å². The highest BCUT2D eigenvalue weighted by Crippen LogP contribution is 2.51. The number of benzene rings is 9. The number of likely N-dealkylation sites (tertiary alicyclic amines) is 3. The first-order valence-electron chi connectivity index (χ1n) is 47.5. The molecule has 145 heavy (non-hydrogen) atoms. The van der Waals surface area contributed by atoms with Crippen LogP contribution in [-0.4, -0.2) is 166 Å². The van der Waals surface area contributed by atoms with E-state index in [0.717, 1.165) is 33.4 Å². The van der Waals surface area contributed by atoms with Gasteiger partial charge in [0.2, 0.25) is 47.8 Å². The molecule has 12 N–H and O–H groups in total. The van der Waals surface area contributed by atoms with E-state index in [1.807, 2.05) is 190 Å². The van der Waals surface area contributed by atoms with Crippen molar-refractivity contribution in [1.82, 2.24) is 36.0 Å². The maximum atomic E-state index is 14.4. The van der Waals surface area contributed by atoms with Crippen LogP contribution in [0, 0.1) is 52.1 Å². The van der Waals surface area contributed by atoms with Crippen LogP contribution in [0.5, 0.6) is 0 Å². The number of carboxylic acid groups (broad SMARTS) is 1. The quantitative estimate of drug-likeness (QED) is 0.0110. The first-order chi connectivity index (χ1) is 68.4. The second-order valence-corrected chi connectivity index (χ2v) is 40.8. The van der Waals surface area contributed by atoms with E-state index < -0.39 is 130 Å². The van der Waals surface area contributed by atoms with Gasteiger partial charge in [-0.1, -0.05) is 244 Å². The Labute approximate surface area is 846 Å². The smallest absolute Gasteiger partial charge is 0.408 e. The van der Waals surface area contributed by atoms with E-state index in [0.29, 0.717) is 59.4 Å². The van der Waals surface area contributed by atoms with Gasteiger partial charge in [0.15, 0.2) is 11.6 Å². The Morgan fingerprint density at radius 3 is 1.10 bits per heavy atom. The fraction of sp³-hybridized carbons (Fsp3) is 0.373. The molecule has 3 fully saturated rings. The molecule has 0 unspecified atom stereocenters. The number of carboxylic acids is 1. The lowest BCUT2D eigenvalue weighted by Gasteiger charge is -2.32.